The van der Waals surface area contributed by atoms with E-state index in [0.29, 0.717) is 0 Å². The van der Waals surface area contributed by atoms with Crippen LogP contribution in [-0.2, 0) is 13.5 Å². The molecule has 1 aromatic carbocycles. The van der Waals surface area contributed by atoms with Crippen LogP contribution >= 0.6 is 0 Å². The zero-order valence-electron chi connectivity index (χ0n) is 17.0. The zero-order chi connectivity index (χ0) is 20.4. The zero-order valence-corrected chi connectivity index (χ0v) is 17.0. The van der Waals surface area contributed by atoms with E-state index in [0.717, 1.165) is 58.4 Å². The highest BCUT2D eigenvalue weighted by atomic mass is 16.5. The van der Waals surface area contributed by atoms with Crippen molar-refractivity contribution in [1.82, 2.24) is 24.1 Å². The number of fused-ring (bicyclic) bond motifs is 1. The highest BCUT2D eigenvalue weighted by molar-refractivity contribution is 5.77. The number of imidazole rings is 1. The molecule has 29 heavy (non-hydrogen) atoms. The first-order chi connectivity index (χ1) is 14.1. The van der Waals surface area contributed by atoms with Gasteiger partial charge in [0.25, 0.3) is 0 Å². The Morgan fingerprint density at radius 1 is 1.10 bits per heavy atom. The van der Waals surface area contributed by atoms with Crippen molar-refractivity contribution in [2.75, 3.05) is 26.1 Å². The second-order valence-corrected chi connectivity index (χ2v) is 6.75. The summed E-state index contributed by atoms with van der Waals surface area (Å²) in [5, 5.41) is 7.91. The average molecular weight is 392 g/mol. The molecule has 4 aromatic rings. The van der Waals surface area contributed by atoms with Crippen molar-refractivity contribution in [3.63, 3.8) is 0 Å². The lowest BCUT2D eigenvalue weighted by Gasteiger charge is -2.11. The molecule has 0 spiro atoms. The maximum atomic E-state index is 5.40. The minimum absolute atomic E-state index is 0.729. The second kappa shape index (κ2) is 7.83. The van der Waals surface area contributed by atoms with E-state index >= 15 is 0 Å². The van der Waals surface area contributed by atoms with Gasteiger partial charge in [0.2, 0.25) is 0 Å². The molecule has 4 rings (SSSR count). The molecular weight excluding hydrogens is 368 g/mol. The minimum Gasteiger partial charge on any atom is -0.493 e. The van der Waals surface area contributed by atoms with Crippen molar-refractivity contribution in [2.45, 2.75) is 13.3 Å². The van der Waals surface area contributed by atoms with Crippen LogP contribution < -0.4 is 14.8 Å². The number of hydrogen-bond acceptors (Lipinski definition) is 6. The molecule has 8 nitrogen and oxygen atoms in total. The average Bonchev–Trinajstić information content (AvgIpc) is 3.27. The van der Waals surface area contributed by atoms with Crippen LogP contribution in [0, 0.1) is 6.92 Å². The number of aromatic nitrogens is 5. The van der Waals surface area contributed by atoms with Crippen molar-refractivity contribution in [3.8, 4) is 22.8 Å². The van der Waals surface area contributed by atoms with Gasteiger partial charge in [-0.15, -0.1) is 0 Å². The monoisotopic (exact) mass is 392 g/mol. The first-order valence-corrected chi connectivity index (χ1v) is 9.38. The van der Waals surface area contributed by atoms with E-state index in [9.17, 15) is 0 Å². The predicted molar refractivity (Wildman–Crippen MR) is 112 cm³/mol. The molecule has 0 amide bonds. The predicted octanol–water partition coefficient (Wildman–Crippen LogP) is 3.11. The van der Waals surface area contributed by atoms with Gasteiger partial charge in [0.15, 0.2) is 17.1 Å². The van der Waals surface area contributed by atoms with Gasteiger partial charge in [-0.3, -0.25) is 14.1 Å². The molecule has 0 aliphatic heterocycles. The summed E-state index contributed by atoms with van der Waals surface area (Å²) in [6, 6.07) is 5.98. The number of anilines is 1. The van der Waals surface area contributed by atoms with Crippen LogP contribution in [0.5, 0.6) is 11.5 Å². The van der Waals surface area contributed by atoms with Crippen LogP contribution in [-0.4, -0.2) is 44.9 Å². The molecule has 3 heterocycles. The molecule has 0 aliphatic rings. The molecule has 0 aliphatic carbocycles. The normalized spacial score (nSPS) is 11.0. The largest absolute Gasteiger partial charge is 0.493 e. The Morgan fingerprint density at radius 3 is 2.66 bits per heavy atom. The Bertz CT molecular complexity index is 1150. The van der Waals surface area contributed by atoms with Crippen LogP contribution in [0.1, 0.15) is 11.3 Å². The lowest BCUT2D eigenvalue weighted by Crippen LogP contribution is -2.08. The van der Waals surface area contributed by atoms with Gasteiger partial charge < -0.3 is 14.8 Å². The van der Waals surface area contributed by atoms with Gasteiger partial charge in [-0.05, 0) is 31.0 Å². The highest BCUT2D eigenvalue weighted by Gasteiger charge is 2.18. The summed E-state index contributed by atoms with van der Waals surface area (Å²) in [5.74, 6) is 2.39. The van der Waals surface area contributed by atoms with E-state index in [4.69, 9.17) is 14.5 Å². The Balaban J connectivity index is 1.61. The van der Waals surface area contributed by atoms with E-state index in [1.807, 2.05) is 53.6 Å². The number of rotatable bonds is 7. The number of hydrogen-bond donors (Lipinski definition) is 1. The molecule has 0 atom stereocenters. The molecular formula is C21H24N6O2. The molecule has 3 aromatic heterocycles. The third-order valence-electron chi connectivity index (χ3n) is 5.07. The highest BCUT2D eigenvalue weighted by Crippen LogP contribution is 2.31. The summed E-state index contributed by atoms with van der Waals surface area (Å²) in [6.45, 7) is 2.77. The fourth-order valence-electron chi connectivity index (χ4n) is 3.36. The lowest BCUT2D eigenvalue weighted by molar-refractivity contribution is 0.354. The molecule has 0 fully saturated rings. The van der Waals surface area contributed by atoms with Crippen molar-refractivity contribution in [3.05, 3.63) is 54.2 Å². The summed E-state index contributed by atoms with van der Waals surface area (Å²) >= 11 is 0. The van der Waals surface area contributed by atoms with Crippen molar-refractivity contribution in [1.29, 1.82) is 0 Å². The van der Waals surface area contributed by atoms with Gasteiger partial charge in [0.05, 0.1) is 26.6 Å². The van der Waals surface area contributed by atoms with Gasteiger partial charge in [-0.2, -0.15) is 5.10 Å². The number of ether oxygens (including phenoxy) is 2. The number of benzene rings is 1. The van der Waals surface area contributed by atoms with Crippen molar-refractivity contribution in [2.24, 2.45) is 7.05 Å². The van der Waals surface area contributed by atoms with E-state index in [1.165, 1.54) is 0 Å². The van der Waals surface area contributed by atoms with Gasteiger partial charge in [0.1, 0.15) is 11.5 Å². The number of nitrogens with zero attached hydrogens (tertiary/aromatic N) is 5. The molecule has 0 unspecified atom stereocenters. The minimum atomic E-state index is 0.729. The molecule has 0 saturated heterocycles. The Morgan fingerprint density at radius 2 is 1.93 bits per heavy atom. The van der Waals surface area contributed by atoms with E-state index in [-0.39, 0.29) is 0 Å². The quantitative estimate of drug-likeness (QED) is 0.521. The van der Waals surface area contributed by atoms with E-state index in [1.54, 1.807) is 26.6 Å². The fourth-order valence-corrected chi connectivity index (χ4v) is 3.36. The molecule has 1 N–H and O–H groups in total. The van der Waals surface area contributed by atoms with E-state index in [2.05, 4.69) is 15.4 Å². The number of methoxy groups -OCH3 is 2. The van der Waals surface area contributed by atoms with Gasteiger partial charge in [0, 0.05) is 37.2 Å². The third-order valence-corrected chi connectivity index (χ3v) is 5.07. The molecule has 0 saturated carbocycles. The maximum Gasteiger partial charge on any atom is 0.160 e. The van der Waals surface area contributed by atoms with E-state index < -0.39 is 0 Å². The van der Waals surface area contributed by atoms with Gasteiger partial charge >= 0.3 is 0 Å². The van der Waals surface area contributed by atoms with Crippen LogP contribution in [0.3, 0.4) is 0 Å². The Kier molecular flexibility index (Phi) is 5.07. The Labute approximate surface area is 169 Å². The van der Waals surface area contributed by atoms with Crippen LogP contribution in [0.25, 0.3) is 16.9 Å². The molecule has 0 radical (unpaired) electrons. The second-order valence-electron chi connectivity index (χ2n) is 6.75. The third kappa shape index (κ3) is 3.49. The maximum absolute atomic E-state index is 5.40. The summed E-state index contributed by atoms with van der Waals surface area (Å²) in [4.78, 5) is 8.98. The van der Waals surface area contributed by atoms with Gasteiger partial charge in [-0.25, -0.2) is 4.98 Å². The van der Waals surface area contributed by atoms with Crippen molar-refractivity contribution < 1.29 is 9.47 Å². The number of aryl methyl sites for hydroxylation is 1. The molecule has 8 heteroatoms. The van der Waals surface area contributed by atoms with Crippen molar-refractivity contribution >= 4 is 11.5 Å². The Hall–Kier alpha value is -3.55. The first kappa shape index (κ1) is 18.8. The smallest absolute Gasteiger partial charge is 0.160 e. The van der Waals surface area contributed by atoms with Crippen LogP contribution in [0.4, 0.5) is 5.82 Å². The molecule has 150 valence electrons. The SMILES string of the molecule is COc1ccc(CCNc2c(-c3cnn(C)c3C)nc3cnccn23)cc1OC. The lowest BCUT2D eigenvalue weighted by atomic mass is 10.1. The standard InChI is InChI=1S/C21H24N6O2/c1-14-16(12-24-26(14)2)20-21(27-10-9-22-13-19(27)25-20)23-8-7-15-5-6-17(28-3)18(11-15)29-4/h5-6,9-13,23H,7-8H2,1-4H3. The van der Waals surface area contributed by atoms with Gasteiger partial charge in [-0.1, -0.05) is 6.07 Å². The first-order valence-electron chi connectivity index (χ1n) is 9.38. The molecule has 0 bridgehead atoms. The summed E-state index contributed by atoms with van der Waals surface area (Å²) in [6.07, 6.45) is 8.10. The summed E-state index contributed by atoms with van der Waals surface area (Å²) < 4.78 is 14.6. The van der Waals surface area contributed by atoms with Crippen LogP contribution in [0.2, 0.25) is 0 Å². The van der Waals surface area contributed by atoms with Crippen LogP contribution in [0.15, 0.2) is 43.0 Å². The number of nitrogens with one attached hydrogen (secondary N) is 1. The topological polar surface area (TPSA) is 78.5 Å². The fraction of sp³-hybridized carbons (Fsp3) is 0.286. The summed E-state index contributed by atoms with van der Waals surface area (Å²) in [5.41, 5.74) is 4.88. The summed E-state index contributed by atoms with van der Waals surface area (Å²) in [7, 11) is 5.22.